The van der Waals surface area contributed by atoms with Crippen LogP contribution in [0.5, 0.6) is 0 Å². The normalized spacial score (nSPS) is 17.2. The largest absolute Gasteiger partial charge is 0.469 e. The van der Waals surface area contributed by atoms with Crippen molar-refractivity contribution in [3.63, 3.8) is 0 Å². The number of rotatable bonds is 3. The summed E-state index contributed by atoms with van der Waals surface area (Å²) in [7, 11) is 0. The molecule has 1 aliphatic carbocycles. The first-order valence-electron chi connectivity index (χ1n) is 10.5. The quantitative estimate of drug-likeness (QED) is 0.685. The molecule has 1 aliphatic heterocycles. The molecule has 0 fully saturated rings. The van der Waals surface area contributed by atoms with Crippen molar-refractivity contribution in [1.82, 2.24) is 15.2 Å². The molecule has 0 saturated carbocycles. The summed E-state index contributed by atoms with van der Waals surface area (Å²) in [6.45, 7) is 2.53. The Kier molecular flexibility index (Phi) is 4.73. The van der Waals surface area contributed by atoms with Crippen molar-refractivity contribution in [3.8, 4) is 0 Å². The minimum atomic E-state index is -0.395. The molecule has 2 amide bonds. The highest BCUT2D eigenvalue weighted by molar-refractivity contribution is 5.97. The monoisotopic (exact) mass is 417 g/mol. The fourth-order valence-corrected chi connectivity index (χ4v) is 4.70. The zero-order valence-corrected chi connectivity index (χ0v) is 17.2. The number of carbonyl (C=O) groups excluding carboxylic acids is 2. The Morgan fingerprint density at radius 1 is 1.16 bits per heavy atom. The van der Waals surface area contributed by atoms with Crippen LogP contribution in [0, 0.1) is 6.92 Å². The van der Waals surface area contributed by atoms with Crippen LogP contribution < -0.4 is 10.9 Å². The molecule has 3 heterocycles. The molecule has 1 atom stereocenters. The molecule has 2 aromatic heterocycles. The highest BCUT2D eigenvalue weighted by atomic mass is 16.3. The van der Waals surface area contributed by atoms with E-state index < -0.39 is 5.56 Å². The summed E-state index contributed by atoms with van der Waals surface area (Å²) in [5.74, 6) is 0.107. The minimum Gasteiger partial charge on any atom is -0.469 e. The molecule has 1 aromatic carbocycles. The maximum absolute atomic E-state index is 13.1. The van der Waals surface area contributed by atoms with Gasteiger partial charge in [0.05, 0.1) is 17.9 Å². The number of nitrogens with one attached hydrogen (secondary N) is 2. The number of carbonyl (C=O) groups is 2. The Bertz CT molecular complexity index is 1240. The highest BCUT2D eigenvalue weighted by Crippen LogP contribution is 2.31. The van der Waals surface area contributed by atoms with Gasteiger partial charge in [0.15, 0.2) is 0 Å². The Hall–Kier alpha value is -3.61. The molecular formula is C24H23N3O4. The van der Waals surface area contributed by atoms with Gasteiger partial charge in [-0.2, -0.15) is 0 Å². The third kappa shape index (κ3) is 3.36. The summed E-state index contributed by atoms with van der Waals surface area (Å²) in [4.78, 5) is 43.0. The van der Waals surface area contributed by atoms with Crippen molar-refractivity contribution in [3.05, 3.63) is 92.3 Å². The topological polar surface area (TPSA) is 95.4 Å². The summed E-state index contributed by atoms with van der Waals surface area (Å²) >= 11 is 0. The number of aromatic nitrogens is 1. The number of aryl methyl sites for hydroxylation is 2. The van der Waals surface area contributed by atoms with Gasteiger partial charge in [-0.1, -0.05) is 24.3 Å². The maximum Gasteiger partial charge on any atom is 0.261 e. The molecule has 2 aliphatic rings. The van der Waals surface area contributed by atoms with E-state index in [1.54, 1.807) is 24.1 Å². The van der Waals surface area contributed by atoms with Crippen LogP contribution in [-0.2, 0) is 19.4 Å². The highest BCUT2D eigenvalue weighted by Gasteiger charge is 2.30. The summed E-state index contributed by atoms with van der Waals surface area (Å²) in [6.07, 6.45) is 5.30. The summed E-state index contributed by atoms with van der Waals surface area (Å²) in [5.41, 5.74) is 4.16. The number of furan rings is 1. The number of aromatic amines is 1. The van der Waals surface area contributed by atoms with Crippen LogP contribution in [0.25, 0.3) is 0 Å². The molecule has 5 rings (SSSR count). The molecule has 7 nitrogen and oxygen atoms in total. The molecule has 0 saturated heterocycles. The lowest BCUT2D eigenvalue weighted by molar-refractivity contribution is 0.0732. The first kappa shape index (κ1) is 19.4. The van der Waals surface area contributed by atoms with Gasteiger partial charge in [-0.15, -0.1) is 0 Å². The smallest absolute Gasteiger partial charge is 0.261 e. The van der Waals surface area contributed by atoms with Crippen LogP contribution in [0.1, 0.15) is 61.2 Å². The van der Waals surface area contributed by atoms with Crippen molar-refractivity contribution >= 4 is 11.8 Å². The number of H-pyrrole nitrogens is 1. The van der Waals surface area contributed by atoms with Gasteiger partial charge in [-0.3, -0.25) is 14.4 Å². The first-order valence-corrected chi connectivity index (χ1v) is 10.5. The van der Waals surface area contributed by atoms with E-state index in [0.29, 0.717) is 30.8 Å². The average Bonchev–Trinajstić information content (AvgIpc) is 3.39. The number of amides is 2. The number of hydrogen-bond acceptors (Lipinski definition) is 4. The molecular weight excluding hydrogens is 394 g/mol. The molecule has 2 N–H and O–H groups in total. The van der Waals surface area contributed by atoms with Gasteiger partial charge in [0.1, 0.15) is 11.3 Å². The van der Waals surface area contributed by atoms with Gasteiger partial charge in [0.25, 0.3) is 17.4 Å². The molecule has 1 unspecified atom stereocenters. The van der Waals surface area contributed by atoms with E-state index in [9.17, 15) is 14.4 Å². The third-order valence-electron chi connectivity index (χ3n) is 6.33. The van der Waals surface area contributed by atoms with Gasteiger partial charge < -0.3 is 19.6 Å². The van der Waals surface area contributed by atoms with Crippen molar-refractivity contribution in [2.45, 2.75) is 38.8 Å². The van der Waals surface area contributed by atoms with Crippen LogP contribution in [0.4, 0.5) is 0 Å². The Morgan fingerprint density at radius 3 is 2.81 bits per heavy atom. The second-order valence-electron chi connectivity index (χ2n) is 8.13. The van der Waals surface area contributed by atoms with E-state index >= 15 is 0 Å². The molecule has 0 bridgehead atoms. The molecule has 158 valence electrons. The van der Waals surface area contributed by atoms with E-state index in [1.807, 2.05) is 18.2 Å². The first-order chi connectivity index (χ1) is 15.0. The van der Waals surface area contributed by atoms with Crippen LogP contribution in [0.15, 0.2) is 52.0 Å². The fourth-order valence-electron chi connectivity index (χ4n) is 4.70. The predicted molar refractivity (Wildman–Crippen MR) is 114 cm³/mol. The lowest BCUT2D eigenvalue weighted by Crippen LogP contribution is -2.40. The van der Waals surface area contributed by atoms with Crippen molar-refractivity contribution in [1.29, 1.82) is 0 Å². The van der Waals surface area contributed by atoms with Gasteiger partial charge in [0, 0.05) is 19.3 Å². The van der Waals surface area contributed by atoms with E-state index in [4.69, 9.17) is 4.42 Å². The van der Waals surface area contributed by atoms with Crippen molar-refractivity contribution < 1.29 is 14.0 Å². The number of nitrogens with zero attached hydrogens (tertiary/aromatic N) is 1. The van der Waals surface area contributed by atoms with Crippen LogP contribution in [0.3, 0.4) is 0 Å². The summed E-state index contributed by atoms with van der Waals surface area (Å²) < 4.78 is 5.25. The average molecular weight is 417 g/mol. The molecule has 3 aromatic rings. The summed E-state index contributed by atoms with van der Waals surface area (Å²) in [5, 5.41) is 3.05. The lowest BCUT2D eigenvalue weighted by Gasteiger charge is -2.29. The molecule has 31 heavy (non-hydrogen) atoms. The molecule has 0 radical (unpaired) electrons. The van der Waals surface area contributed by atoms with E-state index in [1.165, 1.54) is 11.8 Å². The lowest BCUT2D eigenvalue weighted by atomic mass is 9.95. The van der Waals surface area contributed by atoms with E-state index in [2.05, 4.69) is 16.4 Å². The van der Waals surface area contributed by atoms with E-state index in [0.717, 1.165) is 29.5 Å². The zero-order valence-electron chi connectivity index (χ0n) is 17.2. The summed E-state index contributed by atoms with van der Waals surface area (Å²) in [6, 6.07) is 9.64. The Morgan fingerprint density at radius 2 is 2.00 bits per heavy atom. The Labute approximate surface area is 179 Å². The number of benzene rings is 1. The van der Waals surface area contributed by atoms with Gasteiger partial charge in [0.2, 0.25) is 0 Å². The number of fused-ring (bicyclic) bond motifs is 2. The van der Waals surface area contributed by atoms with Crippen LogP contribution in [-0.4, -0.2) is 28.2 Å². The number of hydrogen-bond donors (Lipinski definition) is 2. The van der Waals surface area contributed by atoms with Crippen LogP contribution >= 0.6 is 0 Å². The minimum absolute atomic E-state index is 0.0929. The third-order valence-corrected chi connectivity index (χ3v) is 6.33. The van der Waals surface area contributed by atoms with Gasteiger partial charge in [-0.05, 0) is 54.5 Å². The SMILES string of the molecule is Cc1occc1C(=O)N1CCc2c(c[nH]c(=O)c2C(=O)NC2CCc3ccccc32)C1. The maximum atomic E-state index is 13.1. The standard InChI is InChI=1S/C24H23N3O4/c1-14-17(9-11-31-14)24(30)27-10-8-19-16(13-27)12-25-22(28)21(19)23(29)26-20-7-6-15-4-2-3-5-18(15)20/h2-5,9,11-12,20H,6-8,10,13H2,1H3,(H,25,28)(H,26,29). The molecule has 0 spiro atoms. The number of pyridine rings is 1. The Balaban J connectivity index is 1.40. The fraction of sp³-hybridized carbons (Fsp3) is 0.292. The van der Waals surface area contributed by atoms with Crippen LogP contribution in [0.2, 0.25) is 0 Å². The second-order valence-corrected chi connectivity index (χ2v) is 8.13. The second kappa shape index (κ2) is 7.58. The van der Waals surface area contributed by atoms with E-state index in [-0.39, 0.29) is 23.4 Å². The molecule has 7 heteroatoms. The predicted octanol–water partition coefficient (Wildman–Crippen LogP) is 2.89. The van der Waals surface area contributed by atoms with Crippen molar-refractivity contribution in [2.75, 3.05) is 6.54 Å². The van der Waals surface area contributed by atoms with Gasteiger partial charge in [-0.25, -0.2) is 0 Å². The van der Waals surface area contributed by atoms with Crippen molar-refractivity contribution in [2.24, 2.45) is 0 Å². The zero-order chi connectivity index (χ0) is 21.5. The van der Waals surface area contributed by atoms with Gasteiger partial charge >= 0.3 is 0 Å².